The molecule has 5 rings (SSSR count). The number of hydrazine groups is 1. The highest BCUT2D eigenvalue weighted by molar-refractivity contribution is 6.33. The molecule has 4 aliphatic rings. The lowest BCUT2D eigenvalue weighted by molar-refractivity contribution is -0.157. The lowest BCUT2D eigenvalue weighted by Crippen LogP contribution is -2.75. The zero-order valence-electron chi connectivity index (χ0n) is 15.1. The van der Waals surface area contributed by atoms with Gasteiger partial charge >= 0.3 is 6.18 Å². The number of halogens is 4. The van der Waals surface area contributed by atoms with Crippen LogP contribution in [0.25, 0.3) is 0 Å². The molecule has 2 atom stereocenters. The molecular formula is C18H19ClF3N5O2. The lowest BCUT2D eigenvalue weighted by atomic mass is 9.62. The number of carbonyl (C=O) groups is 1. The van der Waals surface area contributed by atoms with Gasteiger partial charge in [0.2, 0.25) is 0 Å². The summed E-state index contributed by atoms with van der Waals surface area (Å²) in [5.74, 6) is -0.258. The molecule has 0 aromatic heterocycles. The highest BCUT2D eigenvalue weighted by atomic mass is 35.5. The number of anilines is 1. The minimum absolute atomic E-state index is 0.0759. The number of hydrogen-bond acceptors (Lipinski definition) is 6. The summed E-state index contributed by atoms with van der Waals surface area (Å²) in [6.07, 6.45) is -2.45. The Kier molecular flexibility index (Phi) is 4.17. The van der Waals surface area contributed by atoms with Gasteiger partial charge in [-0.1, -0.05) is 11.6 Å². The fraction of sp³-hybridized carbons (Fsp3) is 0.500. The number of hydrogen-bond donors (Lipinski definition) is 4. The summed E-state index contributed by atoms with van der Waals surface area (Å²) in [5.41, 5.74) is 3.13. The normalized spacial score (nSPS) is 29.2. The molecule has 4 N–H and O–H groups in total. The maximum Gasteiger partial charge on any atom is 0.416 e. The van der Waals surface area contributed by atoms with E-state index in [-0.39, 0.29) is 28.7 Å². The molecule has 3 fully saturated rings. The summed E-state index contributed by atoms with van der Waals surface area (Å²) in [6, 6.07) is 3.08. The first-order valence-electron chi connectivity index (χ1n) is 9.27. The van der Waals surface area contributed by atoms with Crippen molar-refractivity contribution in [2.45, 2.75) is 37.6 Å². The molecule has 3 heterocycles. The fourth-order valence-electron chi connectivity index (χ4n) is 4.59. The van der Waals surface area contributed by atoms with Gasteiger partial charge in [-0.05, 0) is 31.0 Å². The minimum atomic E-state index is -4.48. The number of likely N-dealkylation sites (tertiary alicyclic amines) is 1. The van der Waals surface area contributed by atoms with E-state index in [1.54, 1.807) is 0 Å². The minimum Gasteiger partial charge on any atom is -0.393 e. The molecule has 29 heavy (non-hydrogen) atoms. The molecule has 0 radical (unpaired) electrons. The van der Waals surface area contributed by atoms with Crippen LogP contribution in [0.3, 0.4) is 0 Å². The van der Waals surface area contributed by atoms with E-state index in [0.29, 0.717) is 11.3 Å². The molecule has 2 unspecified atom stereocenters. The van der Waals surface area contributed by atoms with Crippen LogP contribution in [0.5, 0.6) is 0 Å². The van der Waals surface area contributed by atoms with Crippen molar-refractivity contribution in [3.63, 3.8) is 0 Å². The molecule has 3 aliphatic heterocycles. The molecule has 1 amide bonds. The number of rotatable bonds is 2. The number of carbonyl (C=O) groups excluding carboxylic acids is 1. The number of aliphatic hydroxyl groups excluding tert-OH is 1. The Morgan fingerprint density at radius 3 is 2.59 bits per heavy atom. The SMILES string of the molecule is O=C1NC(N2CC3(CC(O)C3)C2)NC2NN(c3ccc(C(F)(F)F)cc3Cl)C=C12. The van der Waals surface area contributed by atoms with E-state index in [0.717, 1.165) is 38.1 Å². The Hall–Kier alpha value is -1.85. The fourth-order valence-corrected chi connectivity index (χ4v) is 4.87. The maximum atomic E-state index is 12.9. The lowest BCUT2D eigenvalue weighted by Gasteiger charge is -2.60. The molecule has 1 spiro atoms. The second-order valence-electron chi connectivity index (χ2n) is 8.19. The second-order valence-corrected chi connectivity index (χ2v) is 8.60. The zero-order chi connectivity index (χ0) is 20.6. The van der Waals surface area contributed by atoms with Gasteiger partial charge in [-0.25, -0.2) is 5.43 Å². The van der Waals surface area contributed by atoms with Crippen LogP contribution in [0.4, 0.5) is 18.9 Å². The second kappa shape index (κ2) is 6.32. The summed E-state index contributed by atoms with van der Waals surface area (Å²) >= 11 is 6.07. The summed E-state index contributed by atoms with van der Waals surface area (Å²) < 4.78 is 38.6. The van der Waals surface area contributed by atoms with Crippen LogP contribution in [0.1, 0.15) is 18.4 Å². The first-order valence-corrected chi connectivity index (χ1v) is 9.64. The number of alkyl halides is 3. The van der Waals surface area contributed by atoms with Gasteiger partial charge in [-0.15, -0.1) is 0 Å². The highest BCUT2D eigenvalue weighted by Gasteiger charge is 2.54. The third kappa shape index (κ3) is 3.19. The average molecular weight is 430 g/mol. The third-order valence-electron chi connectivity index (χ3n) is 6.02. The third-order valence-corrected chi connectivity index (χ3v) is 6.32. The van der Waals surface area contributed by atoms with Crippen molar-refractivity contribution < 1.29 is 23.1 Å². The van der Waals surface area contributed by atoms with Crippen LogP contribution in [0.15, 0.2) is 30.0 Å². The van der Waals surface area contributed by atoms with Gasteiger partial charge in [-0.3, -0.25) is 20.0 Å². The van der Waals surface area contributed by atoms with Gasteiger partial charge in [0.05, 0.1) is 28.0 Å². The molecule has 11 heteroatoms. The summed E-state index contributed by atoms with van der Waals surface area (Å²) in [6.45, 7) is 1.59. The average Bonchev–Trinajstić information content (AvgIpc) is 3.00. The van der Waals surface area contributed by atoms with Crippen LogP contribution in [-0.4, -0.2) is 47.6 Å². The largest absolute Gasteiger partial charge is 0.416 e. The Bertz CT molecular complexity index is 894. The quantitative estimate of drug-likeness (QED) is 0.568. The van der Waals surface area contributed by atoms with E-state index in [1.807, 2.05) is 0 Å². The van der Waals surface area contributed by atoms with Gasteiger partial charge in [0.15, 0.2) is 0 Å². The zero-order valence-corrected chi connectivity index (χ0v) is 15.9. The van der Waals surface area contributed by atoms with Crippen molar-refractivity contribution >= 4 is 23.2 Å². The van der Waals surface area contributed by atoms with Crippen molar-refractivity contribution in [2.24, 2.45) is 5.41 Å². The number of amides is 1. The number of fused-ring (bicyclic) bond motifs is 1. The smallest absolute Gasteiger partial charge is 0.393 e. The van der Waals surface area contributed by atoms with E-state index in [4.69, 9.17) is 11.6 Å². The predicted octanol–water partition coefficient (Wildman–Crippen LogP) is 1.35. The van der Waals surface area contributed by atoms with Crippen LogP contribution in [0, 0.1) is 5.41 Å². The highest BCUT2D eigenvalue weighted by Crippen LogP contribution is 2.48. The first kappa shape index (κ1) is 19.1. The predicted molar refractivity (Wildman–Crippen MR) is 98.3 cm³/mol. The molecule has 1 aliphatic carbocycles. The Morgan fingerprint density at radius 1 is 1.24 bits per heavy atom. The molecule has 1 aromatic rings. The van der Waals surface area contributed by atoms with Crippen molar-refractivity contribution in [1.82, 2.24) is 21.0 Å². The van der Waals surface area contributed by atoms with E-state index in [9.17, 15) is 23.1 Å². The standard InChI is InChI=1S/C18H19ClF3N5O2/c19-12-3-9(18(20,21)22)1-2-13(12)27-6-11-14(25-27)23-16(24-15(11)29)26-7-17(8-26)4-10(28)5-17/h1-3,6,10,14,16,23,25,28H,4-5,7-8H2,(H,24,29). The van der Waals surface area contributed by atoms with Gasteiger partial charge in [0.25, 0.3) is 5.91 Å². The molecule has 1 aromatic carbocycles. The van der Waals surface area contributed by atoms with Gasteiger partial charge in [-0.2, -0.15) is 13.2 Å². The number of aliphatic hydroxyl groups is 1. The Morgan fingerprint density at radius 2 is 1.97 bits per heavy atom. The number of benzene rings is 1. The van der Waals surface area contributed by atoms with E-state index < -0.39 is 17.9 Å². The van der Waals surface area contributed by atoms with Gasteiger partial charge in [0.1, 0.15) is 12.5 Å². The molecular weight excluding hydrogens is 411 g/mol. The maximum absolute atomic E-state index is 12.9. The van der Waals surface area contributed by atoms with Crippen molar-refractivity contribution in [2.75, 3.05) is 18.1 Å². The van der Waals surface area contributed by atoms with Crippen LogP contribution < -0.4 is 21.1 Å². The monoisotopic (exact) mass is 429 g/mol. The van der Waals surface area contributed by atoms with E-state index in [1.165, 1.54) is 17.3 Å². The van der Waals surface area contributed by atoms with Crippen LogP contribution >= 0.6 is 11.6 Å². The Labute approximate surface area is 169 Å². The molecule has 7 nitrogen and oxygen atoms in total. The van der Waals surface area contributed by atoms with Crippen molar-refractivity contribution in [3.8, 4) is 0 Å². The summed E-state index contributed by atoms with van der Waals surface area (Å²) in [4.78, 5) is 14.6. The molecule has 156 valence electrons. The van der Waals surface area contributed by atoms with Gasteiger partial charge < -0.3 is 10.4 Å². The molecule has 1 saturated carbocycles. The van der Waals surface area contributed by atoms with Crippen LogP contribution in [-0.2, 0) is 11.0 Å². The van der Waals surface area contributed by atoms with Gasteiger partial charge in [0, 0.05) is 24.7 Å². The number of nitrogens with one attached hydrogen (secondary N) is 3. The molecule has 0 bridgehead atoms. The summed E-state index contributed by atoms with van der Waals surface area (Å²) in [5, 5.41) is 17.1. The first-order chi connectivity index (χ1) is 13.6. The van der Waals surface area contributed by atoms with Crippen molar-refractivity contribution in [3.05, 3.63) is 40.6 Å². The van der Waals surface area contributed by atoms with E-state index >= 15 is 0 Å². The Balaban J connectivity index is 1.28. The van der Waals surface area contributed by atoms with Crippen LogP contribution in [0.2, 0.25) is 5.02 Å². The topological polar surface area (TPSA) is 79.9 Å². The van der Waals surface area contributed by atoms with Crippen molar-refractivity contribution in [1.29, 1.82) is 0 Å². The summed E-state index contributed by atoms with van der Waals surface area (Å²) in [7, 11) is 0. The molecule has 2 saturated heterocycles. The van der Waals surface area contributed by atoms with E-state index in [2.05, 4.69) is 21.0 Å². The number of nitrogens with zero attached hydrogens (tertiary/aromatic N) is 2.